The second kappa shape index (κ2) is 4.72. The molecule has 0 atom stereocenters. The van der Waals surface area contributed by atoms with Crippen molar-refractivity contribution in [3.63, 3.8) is 0 Å². The third-order valence-electron chi connectivity index (χ3n) is 3.43. The zero-order valence-corrected chi connectivity index (χ0v) is 10.5. The van der Waals surface area contributed by atoms with Gasteiger partial charge in [0, 0.05) is 42.7 Å². The number of anilines is 1. The molecule has 1 aliphatic rings. The fraction of sp³-hybridized carbons (Fsp3) is 0.357. The second-order valence-corrected chi connectivity index (χ2v) is 4.57. The fourth-order valence-corrected chi connectivity index (χ4v) is 2.42. The number of nitrogens with zero attached hydrogens (tertiary/aromatic N) is 4. The van der Waals surface area contributed by atoms with Crippen molar-refractivity contribution < 1.29 is 0 Å². The van der Waals surface area contributed by atoms with E-state index in [4.69, 9.17) is 0 Å². The Morgan fingerprint density at radius 3 is 3.00 bits per heavy atom. The van der Waals surface area contributed by atoms with Crippen molar-refractivity contribution in [1.82, 2.24) is 15.0 Å². The molecule has 0 saturated heterocycles. The van der Waals surface area contributed by atoms with Gasteiger partial charge in [-0.2, -0.15) is 0 Å². The van der Waals surface area contributed by atoms with Crippen molar-refractivity contribution in [1.29, 1.82) is 0 Å². The lowest BCUT2D eigenvalue weighted by atomic mass is 10.2. The van der Waals surface area contributed by atoms with E-state index >= 15 is 0 Å². The average Bonchev–Trinajstić information content (AvgIpc) is 2.82. The van der Waals surface area contributed by atoms with E-state index in [1.165, 1.54) is 5.56 Å². The van der Waals surface area contributed by atoms with E-state index in [1.54, 1.807) is 6.33 Å². The van der Waals surface area contributed by atoms with Crippen LogP contribution in [0.3, 0.4) is 0 Å². The molecular weight excluding hydrogens is 224 g/mol. The smallest absolute Gasteiger partial charge is 0.135 e. The maximum absolute atomic E-state index is 4.41. The van der Waals surface area contributed by atoms with Crippen molar-refractivity contribution in [3.8, 4) is 0 Å². The molecule has 3 heterocycles. The summed E-state index contributed by atoms with van der Waals surface area (Å²) in [4.78, 5) is 15.3. The zero-order valence-electron chi connectivity index (χ0n) is 10.5. The number of aromatic nitrogens is 3. The molecule has 3 rings (SSSR count). The van der Waals surface area contributed by atoms with Gasteiger partial charge in [-0.05, 0) is 25.5 Å². The number of aryl methyl sites for hydroxylation is 1. The Balaban J connectivity index is 1.72. The predicted molar refractivity (Wildman–Crippen MR) is 70.6 cm³/mol. The molecule has 0 fully saturated rings. The molecule has 0 amide bonds. The highest BCUT2D eigenvalue weighted by Crippen LogP contribution is 2.26. The lowest BCUT2D eigenvalue weighted by Gasteiger charge is -2.17. The van der Waals surface area contributed by atoms with Crippen LogP contribution < -0.4 is 4.90 Å². The molecule has 0 spiro atoms. The molecule has 2 aromatic heterocycles. The highest BCUT2D eigenvalue weighted by Gasteiger charge is 2.22. The Bertz CT molecular complexity index is 539. The zero-order chi connectivity index (χ0) is 12.4. The van der Waals surface area contributed by atoms with E-state index in [-0.39, 0.29) is 0 Å². The first-order chi connectivity index (χ1) is 8.84. The van der Waals surface area contributed by atoms with Gasteiger partial charge in [0.1, 0.15) is 12.1 Å². The number of fused-ring (bicyclic) bond motifs is 1. The van der Waals surface area contributed by atoms with Crippen LogP contribution in [0.2, 0.25) is 0 Å². The molecule has 0 unspecified atom stereocenters. The fourth-order valence-electron chi connectivity index (χ4n) is 2.42. The largest absolute Gasteiger partial charge is 0.356 e. The first-order valence-corrected chi connectivity index (χ1v) is 6.30. The van der Waals surface area contributed by atoms with E-state index in [2.05, 4.69) is 32.8 Å². The maximum atomic E-state index is 4.41. The summed E-state index contributed by atoms with van der Waals surface area (Å²) in [5.41, 5.74) is 3.55. The molecule has 4 nitrogen and oxygen atoms in total. The van der Waals surface area contributed by atoms with Crippen LogP contribution in [0.4, 0.5) is 5.82 Å². The first-order valence-electron chi connectivity index (χ1n) is 6.30. The Hall–Kier alpha value is -1.97. The topological polar surface area (TPSA) is 41.9 Å². The molecule has 18 heavy (non-hydrogen) atoms. The van der Waals surface area contributed by atoms with Crippen LogP contribution in [0, 0.1) is 6.92 Å². The van der Waals surface area contributed by atoms with Gasteiger partial charge in [-0.1, -0.05) is 6.07 Å². The number of rotatable bonds is 3. The molecule has 92 valence electrons. The van der Waals surface area contributed by atoms with Gasteiger partial charge in [-0.3, -0.25) is 4.98 Å². The van der Waals surface area contributed by atoms with Gasteiger partial charge in [0.25, 0.3) is 0 Å². The molecule has 1 aliphatic heterocycles. The van der Waals surface area contributed by atoms with Crippen molar-refractivity contribution in [2.24, 2.45) is 0 Å². The van der Waals surface area contributed by atoms with E-state index in [0.717, 1.165) is 43.1 Å². The molecular formula is C14H16N4. The van der Waals surface area contributed by atoms with Crippen molar-refractivity contribution in [2.45, 2.75) is 19.8 Å². The molecule has 0 aromatic carbocycles. The van der Waals surface area contributed by atoms with Crippen molar-refractivity contribution in [3.05, 3.63) is 47.7 Å². The Morgan fingerprint density at radius 1 is 1.22 bits per heavy atom. The standard InChI is InChI=1S/C14H16N4/c1-11-13-6-9-18(14(13)17-10-16-11)8-5-12-4-2-3-7-15-12/h2-4,7,10H,5-6,8-9H2,1H3. The third-order valence-corrected chi connectivity index (χ3v) is 3.43. The number of hydrogen-bond acceptors (Lipinski definition) is 4. The van der Waals surface area contributed by atoms with Crippen LogP contribution in [-0.4, -0.2) is 28.0 Å². The van der Waals surface area contributed by atoms with Crippen LogP contribution in [0.1, 0.15) is 17.0 Å². The van der Waals surface area contributed by atoms with Gasteiger partial charge < -0.3 is 4.90 Å². The van der Waals surface area contributed by atoms with Gasteiger partial charge >= 0.3 is 0 Å². The molecule has 0 N–H and O–H groups in total. The third kappa shape index (κ3) is 2.06. The SMILES string of the molecule is Cc1ncnc2c1CCN2CCc1ccccn1. The van der Waals surface area contributed by atoms with Gasteiger partial charge in [-0.15, -0.1) is 0 Å². The monoisotopic (exact) mass is 240 g/mol. The average molecular weight is 240 g/mol. The van der Waals surface area contributed by atoms with Gasteiger partial charge in [0.05, 0.1) is 0 Å². The Morgan fingerprint density at radius 2 is 2.17 bits per heavy atom. The van der Waals surface area contributed by atoms with E-state index in [0.29, 0.717) is 0 Å². The molecule has 0 bridgehead atoms. The minimum atomic E-state index is 0.962. The van der Waals surface area contributed by atoms with Crippen LogP contribution in [0.15, 0.2) is 30.7 Å². The molecule has 4 heteroatoms. The summed E-state index contributed by atoms with van der Waals surface area (Å²) in [6.45, 7) is 4.07. The van der Waals surface area contributed by atoms with E-state index in [1.807, 2.05) is 18.3 Å². The lowest BCUT2D eigenvalue weighted by Crippen LogP contribution is -2.24. The van der Waals surface area contributed by atoms with Crippen molar-refractivity contribution in [2.75, 3.05) is 18.0 Å². The normalized spacial score (nSPS) is 13.7. The van der Waals surface area contributed by atoms with Gasteiger partial charge in [0.15, 0.2) is 0 Å². The Labute approximate surface area is 107 Å². The first kappa shape index (κ1) is 11.1. The van der Waals surface area contributed by atoms with Crippen LogP contribution in [-0.2, 0) is 12.8 Å². The van der Waals surface area contributed by atoms with E-state index < -0.39 is 0 Å². The summed E-state index contributed by atoms with van der Waals surface area (Å²) in [5.74, 6) is 1.11. The van der Waals surface area contributed by atoms with Crippen LogP contribution in [0.5, 0.6) is 0 Å². The van der Waals surface area contributed by atoms with Crippen molar-refractivity contribution >= 4 is 5.82 Å². The summed E-state index contributed by atoms with van der Waals surface area (Å²) >= 11 is 0. The summed E-state index contributed by atoms with van der Waals surface area (Å²) in [5, 5.41) is 0. The summed E-state index contributed by atoms with van der Waals surface area (Å²) in [6, 6.07) is 6.06. The summed E-state index contributed by atoms with van der Waals surface area (Å²) in [7, 11) is 0. The van der Waals surface area contributed by atoms with Crippen LogP contribution >= 0.6 is 0 Å². The minimum Gasteiger partial charge on any atom is -0.356 e. The predicted octanol–water partition coefficient (Wildman–Crippen LogP) is 1.79. The summed E-state index contributed by atoms with van der Waals surface area (Å²) in [6.07, 6.45) is 5.53. The van der Waals surface area contributed by atoms with Gasteiger partial charge in [0.2, 0.25) is 0 Å². The summed E-state index contributed by atoms with van der Waals surface area (Å²) < 4.78 is 0. The molecule has 2 aromatic rings. The lowest BCUT2D eigenvalue weighted by molar-refractivity contribution is 0.791. The van der Waals surface area contributed by atoms with Gasteiger partial charge in [-0.25, -0.2) is 9.97 Å². The number of pyridine rings is 1. The molecule has 0 radical (unpaired) electrons. The minimum absolute atomic E-state index is 0.962. The highest BCUT2D eigenvalue weighted by atomic mass is 15.2. The van der Waals surface area contributed by atoms with Crippen LogP contribution in [0.25, 0.3) is 0 Å². The molecule has 0 saturated carbocycles. The molecule has 0 aliphatic carbocycles. The highest BCUT2D eigenvalue weighted by molar-refractivity contribution is 5.53. The second-order valence-electron chi connectivity index (χ2n) is 4.57. The maximum Gasteiger partial charge on any atom is 0.135 e. The number of hydrogen-bond donors (Lipinski definition) is 0. The van der Waals surface area contributed by atoms with E-state index in [9.17, 15) is 0 Å². The quantitative estimate of drug-likeness (QED) is 0.820. The Kier molecular flexibility index (Phi) is 2.92.